The van der Waals surface area contributed by atoms with Crippen molar-refractivity contribution in [1.82, 2.24) is 19.1 Å². The van der Waals surface area contributed by atoms with E-state index >= 15 is 0 Å². The summed E-state index contributed by atoms with van der Waals surface area (Å²) in [7, 11) is 0. The molecule has 210 valence electrons. The molecule has 4 aromatic rings. The molecule has 1 atom stereocenters. The maximum absolute atomic E-state index is 14.3. The number of aromatic nitrogens is 3. The molecule has 0 bridgehead atoms. The van der Waals surface area contributed by atoms with Gasteiger partial charge in [-0.1, -0.05) is 48.0 Å². The Hall–Kier alpha value is -3.78. The van der Waals surface area contributed by atoms with Gasteiger partial charge in [0.15, 0.2) is 0 Å². The van der Waals surface area contributed by atoms with E-state index in [-0.39, 0.29) is 17.5 Å². The van der Waals surface area contributed by atoms with Crippen LogP contribution in [0.4, 0.5) is 0 Å². The minimum atomic E-state index is -0.138. The Balaban J connectivity index is 1.47. The van der Waals surface area contributed by atoms with Crippen molar-refractivity contribution in [3.63, 3.8) is 0 Å². The van der Waals surface area contributed by atoms with E-state index in [9.17, 15) is 9.59 Å². The molecule has 0 spiro atoms. The van der Waals surface area contributed by atoms with Gasteiger partial charge in [0.2, 0.25) is 0 Å². The first kappa shape index (κ1) is 27.4. The second-order valence-corrected chi connectivity index (χ2v) is 12.6. The molecule has 0 fully saturated rings. The number of rotatable bonds is 5. The lowest BCUT2D eigenvalue weighted by Gasteiger charge is -2.35. The summed E-state index contributed by atoms with van der Waals surface area (Å²) >= 11 is 3.53. The van der Waals surface area contributed by atoms with Crippen LogP contribution in [0.1, 0.15) is 72.4 Å². The smallest absolute Gasteiger partial charge is 0.261 e. The predicted molar refractivity (Wildman–Crippen MR) is 167 cm³/mol. The normalized spacial score (nSPS) is 16.8. The van der Waals surface area contributed by atoms with Crippen molar-refractivity contribution >= 4 is 38.9 Å². The fourth-order valence-electron chi connectivity index (χ4n) is 5.93. The van der Waals surface area contributed by atoms with E-state index < -0.39 is 0 Å². The largest absolute Gasteiger partial charge is 0.330 e. The fourth-order valence-corrected chi connectivity index (χ4v) is 6.17. The topological polar surface area (TPSA) is 72.0 Å². The molecule has 0 radical (unpaired) electrons. The predicted octanol–water partition coefficient (Wildman–Crippen LogP) is 6.55. The van der Waals surface area contributed by atoms with Crippen LogP contribution < -0.4 is 5.56 Å². The van der Waals surface area contributed by atoms with Crippen molar-refractivity contribution in [2.75, 3.05) is 0 Å². The highest BCUT2D eigenvalue weighted by Gasteiger charge is 2.33. The van der Waals surface area contributed by atoms with Crippen LogP contribution in [0.5, 0.6) is 0 Å². The van der Waals surface area contributed by atoms with Gasteiger partial charge in [0, 0.05) is 39.3 Å². The van der Waals surface area contributed by atoms with Gasteiger partial charge in [-0.25, -0.2) is 4.52 Å². The first-order chi connectivity index (χ1) is 19.6. The number of amides is 1. The molecular weight excluding hydrogens is 578 g/mol. The maximum atomic E-state index is 14.3. The summed E-state index contributed by atoms with van der Waals surface area (Å²) < 4.78 is 4.68. The van der Waals surface area contributed by atoms with Crippen LogP contribution in [0.2, 0.25) is 0 Å². The molecule has 0 N–H and O–H groups in total. The summed E-state index contributed by atoms with van der Waals surface area (Å²) in [5.41, 5.74) is 8.80. The third kappa shape index (κ3) is 4.88. The SMILES string of the molecule is CC1=NC(c2ccc(-n3c(=O)c4c(n5ncc(CC(C)C)c35)CN(C(=O)c3ccc(Br)c(C)c3)C(C)C4)cc2)=CC1. The van der Waals surface area contributed by atoms with E-state index in [1.54, 1.807) is 0 Å². The third-order valence-electron chi connectivity index (χ3n) is 8.06. The van der Waals surface area contributed by atoms with Crippen molar-refractivity contribution in [1.29, 1.82) is 0 Å². The van der Waals surface area contributed by atoms with E-state index in [1.165, 1.54) is 0 Å². The van der Waals surface area contributed by atoms with Crippen LogP contribution in [0.15, 0.2) is 69.0 Å². The number of aryl methyl sites for hydroxylation is 1. The molecule has 6 rings (SSSR count). The van der Waals surface area contributed by atoms with E-state index in [2.05, 4.69) is 40.8 Å². The molecule has 2 aliphatic heterocycles. The van der Waals surface area contributed by atoms with Crippen molar-refractivity contribution < 1.29 is 4.79 Å². The molecule has 8 heteroatoms. The summed E-state index contributed by atoms with van der Waals surface area (Å²) in [6, 6.07) is 13.6. The lowest BCUT2D eigenvalue weighted by atomic mass is 9.97. The summed E-state index contributed by atoms with van der Waals surface area (Å²) in [5.74, 6) is 0.347. The Kier molecular flexibility index (Phi) is 7.06. The molecule has 0 saturated carbocycles. The molecule has 0 saturated heterocycles. The number of carbonyl (C=O) groups excluding carboxylic acids is 1. The quantitative estimate of drug-likeness (QED) is 0.257. The van der Waals surface area contributed by atoms with Crippen LogP contribution >= 0.6 is 15.9 Å². The highest BCUT2D eigenvalue weighted by Crippen LogP contribution is 2.29. The van der Waals surface area contributed by atoms with Crippen molar-refractivity contribution in [2.45, 2.75) is 66.5 Å². The molecule has 41 heavy (non-hydrogen) atoms. The van der Waals surface area contributed by atoms with Crippen molar-refractivity contribution in [3.8, 4) is 5.69 Å². The highest BCUT2D eigenvalue weighted by atomic mass is 79.9. The third-order valence-corrected chi connectivity index (χ3v) is 8.95. The van der Waals surface area contributed by atoms with Gasteiger partial charge in [0.1, 0.15) is 5.65 Å². The molecule has 1 amide bonds. The van der Waals surface area contributed by atoms with Gasteiger partial charge in [-0.15, -0.1) is 0 Å². The summed E-state index contributed by atoms with van der Waals surface area (Å²) in [6.45, 7) is 10.7. The zero-order valence-corrected chi connectivity index (χ0v) is 25.7. The average molecular weight is 613 g/mol. The fraction of sp³-hybridized carbons (Fsp3) is 0.333. The minimum Gasteiger partial charge on any atom is -0.330 e. The molecule has 2 aromatic heterocycles. The number of hydrogen-bond donors (Lipinski definition) is 0. The van der Waals surface area contributed by atoms with Crippen LogP contribution in [0, 0.1) is 12.8 Å². The zero-order chi connectivity index (χ0) is 29.0. The number of hydrogen-bond acceptors (Lipinski definition) is 4. The number of halogens is 1. The van der Waals surface area contributed by atoms with Crippen molar-refractivity contribution in [3.05, 3.63) is 103 Å². The van der Waals surface area contributed by atoms with Gasteiger partial charge in [0.25, 0.3) is 11.5 Å². The van der Waals surface area contributed by atoms with Crippen molar-refractivity contribution in [2.24, 2.45) is 10.9 Å². The van der Waals surface area contributed by atoms with Gasteiger partial charge in [-0.3, -0.25) is 19.1 Å². The molecule has 1 unspecified atom stereocenters. The Labute approximate surface area is 248 Å². The first-order valence-electron chi connectivity index (χ1n) is 14.2. The number of carbonyl (C=O) groups is 1. The van der Waals surface area contributed by atoms with Gasteiger partial charge < -0.3 is 4.90 Å². The van der Waals surface area contributed by atoms with E-state index in [0.717, 1.165) is 62.4 Å². The second-order valence-electron chi connectivity index (χ2n) is 11.7. The van der Waals surface area contributed by atoms with Crippen LogP contribution in [0.25, 0.3) is 17.0 Å². The highest BCUT2D eigenvalue weighted by molar-refractivity contribution is 9.10. The van der Waals surface area contributed by atoms with Crippen LogP contribution in [0.3, 0.4) is 0 Å². The number of aliphatic imine (C=N–C) groups is 1. The summed E-state index contributed by atoms with van der Waals surface area (Å²) in [4.78, 5) is 34.5. The van der Waals surface area contributed by atoms with E-state index in [1.807, 2.05) is 83.4 Å². The molecule has 2 aromatic carbocycles. The molecule has 7 nitrogen and oxygen atoms in total. The van der Waals surface area contributed by atoms with Gasteiger partial charge in [-0.05, 0) is 81.0 Å². The molecule has 4 heterocycles. The van der Waals surface area contributed by atoms with Crippen LogP contribution in [-0.2, 0) is 19.4 Å². The number of nitrogens with zero attached hydrogens (tertiary/aromatic N) is 5. The number of benzene rings is 2. The maximum Gasteiger partial charge on any atom is 0.261 e. The van der Waals surface area contributed by atoms with Gasteiger partial charge in [0.05, 0.1) is 29.8 Å². The summed E-state index contributed by atoms with van der Waals surface area (Å²) in [6.07, 6.45) is 6.13. The molecule has 2 aliphatic rings. The number of allylic oxidation sites excluding steroid dienone is 1. The monoisotopic (exact) mass is 611 g/mol. The van der Waals surface area contributed by atoms with E-state index in [4.69, 9.17) is 5.10 Å². The zero-order valence-electron chi connectivity index (χ0n) is 24.1. The minimum absolute atomic E-state index is 0.0414. The Morgan fingerprint density at radius 2 is 1.88 bits per heavy atom. The van der Waals surface area contributed by atoms with Crippen LogP contribution in [-0.4, -0.2) is 36.7 Å². The van der Waals surface area contributed by atoms with Gasteiger partial charge in [-0.2, -0.15) is 5.10 Å². The first-order valence-corrected chi connectivity index (χ1v) is 15.0. The molecular formula is C33H34BrN5O2. The average Bonchev–Trinajstić information content (AvgIpc) is 3.56. The Morgan fingerprint density at radius 1 is 1.12 bits per heavy atom. The molecule has 0 aliphatic carbocycles. The lowest BCUT2D eigenvalue weighted by molar-refractivity contribution is 0.0651. The summed E-state index contributed by atoms with van der Waals surface area (Å²) in [5, 5.41) is 4.80. The van der Waals surface area contributed by atoms with Gasteiger partial charge >= 0.3 is 0 Å². The standard InChI is InChI=1S/C33H34BrN5O2/c1-19(2)14-25-17-35-39-30-18-37(32(40)24-9-12-28(34)20(3)15-24)22(5)16-27(30)33(41)38(31(25)39)26-10-7-23(8-11-26)29-13-6-21(4)36-29/h7-13,15,17,19,22H,6,14,16,18H2,1-5H3. The number of fused-ring (bicyclic) bond motifs is 3. The van der Waals surface area contributed by atoms with E-state index in [0.29, 0.717) is 30.0 Å². The Bertz CT molecular complexity index is 1810. The second kappa shape index (κ2) is 10.6. The Morgan fingerprint density at radius 3 is 2.54 bits per heavy atom. The lowest BCUT2D eigenvalue weighted by Crippen LogP contribution is -2.46.